The van der Waals surface area contributed by atoms with Crippen molar-refractivity contribution in [2.75, 3.05) is 7.11 Å². The summed E-state index contributed by atoms with van der Waals surface area (Å²) in [5.41, 5.74) is 1.93. The summed E-state index contributed by atoms with van der Waals surface area (Å²) < 4.78 is 5.83. The molecule has 0 aliphatic heterocycles. The highest BCUT2D eigenvalue weighted by molar-refractivity contribution is 9.10. The van der Waals surface area contributed by atoms with Gasteiger partial charge in [0.25, 0.3) is 0 Å². The number of pyridine rings is 1. The third-order valence-corrected chi connectivity index (χ3v) is 2.97. The first-order chi connectivity index (χ1) is 7.70. The van der Waals surface area contributed by atoms with Crippen LogP contribution in [0, 0.1) is 0 Å². The molecule has 0 bridgehead atoms. The Balaban J connectivity index is 2.42. The van der Waals surface area contributed by atoms with E-state index in [4.69, 9.17) is 16.3 Å². The van der Waals surface area contributed by atoms with E-state index >= 15 is 0 Å². The summed E-state index contributed by atoms with van der Waals surface area (Å²) in [5.74, 6) is 0.824. The van der Waals surface area contributed by atoms with Crippen molar-refractivity contribution in [1.82, 2.24) is 4.98 Å². The fourth-order valence-corrected chi connectivity index (χ4v) is 2.11. The number of benzene rings is 1. The molecular weight excluding hydrogens is 289 g/mol. The van der Waals surface area contributed by atoms with Crippen LogP contribution in [0.2, 0.25) is 5.02 Å². The molecule has 0 saturated carbocycles. The highest BCUT2D eigenvalue weighted by Gasteiger charge is 2.04. The van der Waals surface area contributed by atoms with Gasteiger partial charge in [-0.1, -0.05) is 23.7 Å². The number of rotatable bonds is 2. The van der Waals surface area contributed by atoms with E-state index < -0.39 is 0 Å². The molecule has 0 spiro atoms. The van der Waals surface area contributed by atoms with E-state index in [0.717, 1.165) is 21.5 Å². The van der Waals surface area contributed by atoms with E-state index in [1.807, 2.05) is 24.3 Å². The van der Waals surface area contributed by atoms with Gasteiger partial charge in [-0.05, 0) is 39.7 Å². The van der Waals surface area contributed by atoms with Gasteiger partial charge in [0.05, 0.1) is 12.1 Å². The maximum Gasteiger partial charge on any atom is 0.118 e. The summed E-state index contributed by atoms with van der Waals surface area (Å²) in [7, 11) is 1.64. The molecule has 1 aromatic carbocycles. The van der Waals surface area contributed by atoms with Gasteiger partial charge >= 0.3 is 0 Å². The Morgan fingerprint density at radius 3 is 2.50 bits per heavy atom. The van der Waals surface area contributed by atoms with E-state index in [9.17, 15) is 0 Å². The lowest BCUT2D eigenvalue weighted by Gasteiger charge is -2.05. The Bertz CT molecular complexity index is 499. The Morgan fingerprint density at radius 1 is 1.25 bits per heavy atom. The summed E-state index contributed by atoms with van der Waals surface area (Å²) in [6.07, 6.45) is 1.74. The molecule has 2 aromatic rings. The molecule has 2 rings (SSSR count). The zero-order valence-corrected chi connectivity index (χ0v) is 10.9. The maximum absolute atomic E-state index is 6.14. The van der Waals surface area contributed by atoms with Crippen LogP contribution in [0.3, 0.4) is 0 Å². The molecular formula is C12H9BrClNO. The predicted molar refractivity (Wildman–Crippen MR) is 68.9 cm³/mol. The maximum atomic E-state index is 6.14. The summed E-state index contributed by atoms with van der Waals surface area (Å²) in [6.45, 7) is 0. The van der Waals surface area contributed by atoms with Crippen molar-refractivity contribution in [3.8, 4) is 16.9 Å². The molecule has 2 nitrogen and oxygen atoms in total. The zero-order valence-electron chi connectivity index (χ0n) is 8.58. The lowest BCUT2D eigenvalue weighted by atomic mass is 10.1. The van der Waals surface area contributed by atoms with Gasteiger partial charge in [-0.3, -0.25) is 0 Å². The number of aromatic nitrogens is 1. The van der Waals surface area contributed by atoms with Crippen molar-refractivity contribution in [1.29, 1.82) is 0 Å². The van der Waals surface area contributed by atoms with Crippen LogP contribution in [0.1, 0.15) is 0 Å². The lowest BCUT2D eigenvalue weighted by Crippen LogP contribution is -1.85. The molecule has 16 heavy (non-hydrogen) atoms. The van der Waals surface area contributed by atoms with Crippen molar-refractivity contribution in [3.05, 3.63) is 46.2 Å². The minimum atomic E-state index is 0.673. The average Bonchev–Trinajstić information content (AvgIpc) is 2.29. The van der Waals surface area contributed by atoms with Gasteiger partial charge in [0, 0.05) is 11.8 Å². The normalized spacial score (nSPS) is 10.2. The van der Waals surface area contributed by atoms with Crippen LogP contribution in [-0.4, -0.2) is 12.1 Å². The molecule has 0 amide bonds. The van der Waals surface area contributed by atoms with Gasteiger partial charge in [-0.25, -0.2) is 4.98 Å². The van der Waals surface area contributed by atoms with Crippen molar-refractivity contribution in [3.63, 3.8) is 0 Å². The quantitative estimate of drug-likeness (QED) is 0.776. The molecule has 1 aromatic heterocycles. The molecule has 0 fully saturated rings. The van der Waals surface area contributed by atoms with E-state index in [0.29, 0.717) is 5.02 Å². The molecule has 0 atom stereocenters. The van der Waals surface area contributed by atoms with Gasteiger partial charge in [-0.2, -0.15) is 0 Å². The summed E-state index contributed by atoms with van der Waals surface area (Å²) in [5, 5.41) is 0.673. The minimum Gasteiger partial charge on any atom is -0.497 e. The second kappa shape index (κ2) is 4.85. The summed E-state index contributed by atoms with van der Waals surface area (Å²) in [4.78, 5) is 4.16. The van der Waals surface area contributed by atoms with Crippen LogP contribution in [0.25, 0.3) is 11.1 Å². The Kier molecular flexibility index (Phi) is 3.46. The second-order valence-corrected chi connectivity index (χ2v) is 4.44. The summed E-state index contributed by atoms with van der Waals surface area (Å²) >= 11 is 9.41. The number of hydrogen-bond acceptors (Lipinski definition) is 2. The van der Waals surface area contributed by atoms with E-state index in [1.54, 1.807) is 19.4 Å². The van der Waals surface area contributed by atoms with Crippen LogP contribution in [0.4, 0.5) is 0 Å². The number of nitrogens with zero attached hydrogens (tertiary/aromatic N) is 1. The van der Waals surface area contributed by atoms with Crippen LogP contribution < -0.4 is 4.74 Å². The molecule has 0 unspecified atom stereocenters. The molecule has 0 radical (unpaired) electrons. The molecule has 0 aliphatic carbocycles. The van der Waals surface area contributed by atoms with Crippen molar-refractivity contribution in [2.45, 2.75) is 0 Å². The minimum absolute atomic E-state index is 0.673. The fourth-order valence-electron chi connectivity index (χ4n) is 1.39. The lowest BCUT2D eigenvalue weighted by molar-refractivity contribution is 0.415. The standard InChI is InChI=1S/C12H9BrClNO/c1-16-9-4-2-8(3-5-9)10-7-15-12(13)6-11(10)14/h2-7H,1H3. The number of methoxy groups -OCH3 is 1. The van der Waals surface area contributed by atoms with Gasteiger partial charge in [0.1, 0.15) is 10.4 Å². The molecule has 1 heterocycles. The van der Waals surface area contributed by atoms with Crippen LogP contribution in [0.5, 0.6) is 5.75 Å². The second-order valence-electron chi connectivity index (χ2n) is 3.22. The highest BCUT2D eigenvalue weighted by Crippen LogP contribution is 2.29. The topological polar surface area (TPSA) is 22.1 Å². The Morgan fingerprint density at radius 2 is 1.94 bits per heavy atom. The molecule has 0 aliphatic rings. The van der Waals surface area contributed by atoms with E-state index in [2.05, 4.69) is 20.9 Å². The number of halogens is 2. The van der Waals surface area contributed by atoms with E-state index in [-0.39, 0.29) is 0 Å². The largest absolute Gasteiger partial charge is 0.497 e. The first-order valence-electron chi connectivity index (χ1n) is 4.66. The number of hydrogen-bond donors (Lipinski definition) is 0. The van der Waals surface area contributed by atoms with Gasteiger partial charge in [-0.15, -0.1) is 0 Å². The fraction of sp³-hybridized carbons (Fsp3) is 0.0833. The highest BCUT2D eigenvalue weighted by atomic mass is 79.9. The SMILES string of the molecule is COc1ccc(-c2cnc(Br)cc2Cl)cc1. The van der Waals surface area contributed by atoms with Gasteiger partial charge in [0.15, 0.2) is 0 Å². The molecule has 82 valence electrons. The molecule has 4 heteroatoms. The first kappa shape index (κ1) is 11.4. The van der Waals surface area contributed by atoms with Crippen LogP contribution in [0.15, 0.2) is 41.1 Å². The predicted octanol–water partition coefficient (Wildman–Crippen LogP) is 4.17. The van der Waals surface area contributed by atoms with Crippen molar-refractivity contribution in [2.24, 2.45) is 0 Å². The average molecular weight is 299 g/mol. The van der Waals surface area contributed by atoms with Crippen molar-refractivity contribution < 1.29 is 4.74 Å². The summed E-state index contributed by atoms with van der Waals surface area (Å²) in [6, 6.07) is 9.48. The smallest absolute Gasteiger partial charge is 0.118 e. The molecule has 0 saturated heterocycles. The van der Waals surface area contributed by atoms with E-state index in [1.165, 1.54) is 0 Å². The third-order valence-electron chi connectivity index (χ3n) is 2.22. The van der Waals surface area contributed by atoms with Crippen molar-refractivity contribution >= 4 is 27.5 Å². The molecule has 0 N–H and O–H groups in total. The van der Waals surface area contributed by atoms with Crippen LogP contribution >= 0.6 is 27.5 Å². The monoisotopic (exact) mass is 297 g/mol. The van der Waals surface area contributed by atoms with Gasteiger partial charge < -0.3 is 4.74 Å². The third kappa shape index (κ3) is 2.36. The first-order valence-corrected chi connectivity index (χ1v) is 5.83. The Labute approximate surface area is 107 Å². The van der Waals surface area contributed by atoms with Gasteiger partial charge in [0.2, 0.25) is 0 Å². The van der Waals surface area contributed by atoms with Crippen LogP contribution in [-0.2, 0) is 0 Å². The zero-order chi connectivity index (χ0) is 11.5. The number of ether oxygens (including phenoxy) is 1. The Hall–Kier alpha value is -1.06.